The van der Waals surface area contributed by atoms with Crippen LogP contribution in [0.25, 0.3) is 6.08 Å². The first-order valence-electron chi connectivity index (χ1n) is 3.12. The Balaban J connectivity index is 3.26. The fourth-order valence-corrected chi connectivity index (χ4v) is 1.79. The minimum atomic E-state index is -0.178. The Morgan fingerprint density at radius 1 is 1.64 bits per heavy atom. The van der Waals surface area contributed by atoms with E-state index in [0.29, 0.717) is 0 Å². The maximum Gasteiger partial charge on any atom is 0.125 e. The van der Waals surface area contributed by atoms with Crippen LogP contribution in [0.15, 0.2) is 12.8 Å². The lowest BCUT2D eigenvalue weighted by Crippen LogP contribution is -1.92. The van der Waals surface area contributed by atoms with E-state index < -0.39 is 0 Å². The summed E-state index contributed by atoms with van der Waals surface area (Å²) in [5.74, 6) is 0.793. The molecular weight excluding hydrogens is 251 g/mol. The average Bonchev–Trinajstić information content (AvgIpc) is 2.04. The Labute approximate surface area is 76.1 Å². The Kier molecular flexibility index (Phi) is 2.87. The molecule has 0 bridgehead atoms. The maximum atomic E-state index is 4.22. The van der Waals surface area contributed by atoms with Crippen LogP contribution in [0, 0.1) is 10.5 Å². The molecule has 1 aromatic rings. The van der Waals surface area contributed by atoms with Crippen LogP contribution in [0.5, 0.6) is 0 Å². The van der Waals surface area contributed by atoms with Crippen LogP contribution >= 0.6 is 20.7 Å². The van der Waals surface area contributed by atoms with Gasteiger partial charge in [-0.1, -0.05) is 31.8 Å². The fourth-order valence-electron chi connectivity index (χ4n) is 0.719. The van der Waals surface area contributed by atoms with E-state index in [9.17, 15) is 0 Å². The van der Waals surface area contributed by atoms with Crippen molar-refractivity contribution in [1.29, 1.82) is 0 Å². The van der Waals surface area contributed by atoms with Crippen LogP contribution < -0.4 is 0 Å². The second kappa shape index (κ2) is 3.71. The van der Waals surface area contributed by atoms with Crippen LogP contribution in [0.4, 0.5) is 0 Å². The van der Waals surface area contributed by atoms with Crippen molar-refractivity contribution < 1.29 is 0 Å². The summed E-state index contributed by atoms with van der Waals surface area (Å²) in [5, 5.41) is 0. The summed E-state index contributed by atoms with van der Waals surface area (Å²) in [4.78, 5) is 8.31. The average molecular weight is 260 g/mol. The van der Waals surface area contributed by atoms with Crippen molar-refractivity contribution in [1.82, 2.24) is 9.97 Å². The van der Waals surface area contributed by atoms with Gasteiger partial charge in [0.1, 0.15) is 5.82 Å². The Morgan fingerprint density at radius 2 is 2.36 bits per heavy atom. The van der Waals surface area contributed by atoms with Crippen molar-refractivity contribution in [2.45, 2.75) is 6.92 Å². The van der Waals surface area contributed by atoms with Gasteiger partial charge in [0, 0.05) is 6.20 Å². The summed E-state index contributed by atoms with van der Waals surface area (Å²) in [7, 11) is 0. The molecule has 0 amide bonds. The Morgan fingerprint density at radius 3 is 2.91 bits per heavy atom. The first-order chi connectivity index (χ1) is 5.27. The molecule has 1 rings (SSSR count). The second-order valence-corrected chi connectivity index (χ2v) is 3.91. The Hall–Kier alpha value is -0.580. The van der Waals surface area contributed by atoms with Crippen molar-refractivity contribution in [3.05, 3.63) is 27.9 Å². The zero-order chi connectivity index (χ0) is 8.27. The summed E-state index contributed by atoms with van der Waals surface area (Å²) in [6.07, 6.45) is 3.61. The number of hydrogen-bond donors (Lipinski definition) is 0. The molecule has 0 saturated heterocycles. The van der Waals surface area contributed by atoms with E-state index in [1.807, 2.05) is 13.1 Å². The topological polar surface area (TPSA) is 25.8 Å². The molecule has 0 aliphatic heterocycles. The van der Waals surface area contributed by atoms with Gasteiger partial charge in [0.05, 0.1) is 9.26 Å². The highest BCUT2D eigenvalue weighted by atomic mass is 127. The van der Waals surface area contributed by atoms with Crippen LogP contribution in [0.3, 0.4) is 0 Å². The molecular formula is C8H9IN2. The smallest absolute Gasteiger partial charge is 0.125 e. The molecule has 0 fully saturated rings. The minimum Gasteiger partial charge on any atom is -0.241 e. The highest BCUT2D eigenvalue weighted by Crippen LogP contribution is 2.13. The van der Waals surface area contributed by atoms with E-state index in [4.69, 9.17) is 0 Å². The number of halogens is 1. The lowest BCUT2D eigenvalue weighted by atomic mass is 10.4. The fraction of sp³-hybridized carbons (Fsp3) is 0.125. The number of aryl methyl sites for hydroxylation is 1. The van der Waals surface area contributed by atoms with Gasteiger partial charge in [0.15, 0.2) is 0 Å². The molecule has 0 aromatic carbocycles. The second-order valence-electron chi connectivity index (χ2n) is 1.99. The van der Waals surface area contributed by atoms with Crippen molar-refractivity contribution in [3.8, 4) is 0 Å². The first-order valence-corrected chi connectivity index (χ1v) is 5.73. The van der Waals surface area contributed by atoms with Gasteiger partial charge >= 0.3 is 0 Å². The predicted octanol–water partition coefficient (Wildman–Crippen LogP) is 2.00. The molecule has 1 aromatic heterocycles. The third-order valence-corrected chi connectivity index (χ3v) is 2.88. The zero-order valence-corrected chi connectivity index (χ0v) is 8.50. The van der Waals surface area contributed by atoms with E-state index in [1.165, 1.54) is 0 Å². The van der Waals surface area contributed by atoms with E-state index in [0.717, 1.165) is 15.1 Å². The normalized spacial score (nSPS) is 9.55. The lowest BCUT2D eigenvalue weighted by molar-refractivity contribution is 1.03. The van der Waals surface area contributed by atoms with Crippen molar-refractivity contribution in [3.63, 3.8) is 0 Å². The molecule has 0 aliphatic carbocycles. The third-order valence-electron chi connectivity index (χ3n) is 1.23. The molecule has 58 valence electrons. The number of nitrogens with zero attached hydrogens (tertiary/aromatic N) is 2. The van der Waals surface area contributed by atoms with Gasteiger partial charge < -0.3 is 0 Å². The molecule has 11 heavy (non-hydrogen) atoms. The molecule has 3 heteroatoms. The summed E-state index contributed by atoms with van der Waals surface area (Å²) >= 11 is -0.178. The van der Waals surface area contributed by atoms with Crippen molar-refractivity contribution in [2.75, 3.05) is 0 Å². The molecule has 1 heterocycles. The molecule has 0 spiro atoms. The van der Waals surface area contributed by atoms with Gasteiger partial charge in [0.2, 0.25) is 0 Å². The van der Waals surface area contributed by atoms with E-state index in [-0.39, 0.29) is 20.7 Å². The lowest BCUT2D eigenvalue weighted by Gasteiger charge is -1.98. The summed E-state index contributed by atoms with van der Waals surface area (Å²) in [6.45, 7) is 5.55. The SMILES string of the molecule is C=Cc1nc(C)ncc1I=C. The van der Waals surface area contributed by atoms with Gasteiger partial charge in [-0.05, 0) is 13.0 Å². The van der Waals surface area contributed by atoms with Gasteiger partial charge in [-0.15, -0.1) is 0 Å². The first kappa shape index (κ1) is 8.52. The maximum absolute atomic E-state index is 4.22. The van der Waals surface area contributed by atoms with Gasteiger partial charge in [-0.25, -0.2) is 9.97 Å². The van der Waals surface area contributed by atoms with Crippen molar-refractivity contribution in [2.24, 2.45) is 0 Å². The number of rotatable bonds is 2. The molecule has 0 atom stereocenters. The molecule has 0 unspecified atom stereocenters. The summed E-state index contributed by atoms with van der Waals surface area (Å²) in [5.41, 5.74) is 0.945. The third kappa shape index (κ3) is 1.92. The largest absolute Gasteiger partial charge is 0.241 e. The van der Waals surface area contributed by atoms with Crippen LogP contribution in [0.1, 0.15) is 11.5 Å². The number of aromatic nitrogens is 2. The Bertz CT molecular complexity index is 294. The summed E-state index contributed by atoms with van der Waals surface area (Å²) in [6, 6.07) is 0. The van der Waals surface area contributed by atoms with Crippen molar-refractivity contribution >= 4 is 31.3 Å². The van der Waals surface area contributed by atoms with Crippen LogP contribution in [-0.4, -0.2) is 14.5 Å². The highest BCUT2D eigenvalue weighted by molar-refractivity contribution is 14.2. The molecule has 2 nitrogen and oxygen atoms in total. The zero-order valence-electron chi connectivity index (χ0n) is 6.34. The van der Waals surface area contributed by atoms with Gasteiger partial charge in [-0.2, -0.15) is 0 Å². The quantitative estimate of drug-likeness (QED) is 0.760. The number of hydrogen-bond acceptors (Lipinski definition) is 2. The summed E-state index contributed by atoms with van der Waals surface area (Å²) < 4.78 is 5.03. The van der Waals surface area contributed by atoms with E-state index in [2.05, 4.69) is 21.1 Å². The highest BCUT2D eigenvalue weighted by Gasteiger charge is 1.97. The monoisotopic (exact) mass is 260 g/mol. The minimum absolute atomic E-state index is 0.178. The predicted molar refractivity (Wildman–Crippen MR) is 56.7 cm³/mol. The van der Waals surface area contributed by atoms with E-state index in [1.54, 1.807) is 6.08 Å². The van der Waals surface area contributed by atoms with Gasteiger partial charge in [-0.3, -0.25) is 0 Å². The standard InChI is InChI=1S/C8H9IN2/c1-4-8-7(9-3)5-10-6(2)11-8/h4-5H,1,3H2,2H3. The van der Waals surface area contributed by atoms with Gasteiger partial charge in [0.25, 0.3) is 0 Å². The molecule has 0 aliphatic rings. The van der Waals surface area contributed by atoms with Crippen LogP contribution in [0.2, 0.25) is 0 Å². The molecule has 0 N–H and O–H groups in total. The molecule has 0 saturated carbocycles. The van der Waals surface area contributed by atoms with Crippen LogP contribution in [-0.2, 0) is 0 Å². The van der Waals surface area contributed by atoms with E-state index >= 15 is 0 Å². The molecule has 0 radical (unpaired) electrons.